The number of anilines is 1. The van der Waals surface area contributed by atoms with Gasteiger partial charge in [-0.1, -0.05) is 20.8 Å². The molecule has 1 aromatic rings. The minimum atomic E-state index is -0.377. The monoisotopic (exact) mass is 219 g/mol. The fourth-order valence-corrected chi connectivity index (χ4v) is 1.34. The van der Waals surface area contributed by atoms with Crippen LogP contribution in [0.4, 0.5) is 5.69 Å². The van der Waals surface area contributed by atoms with Crippen LogP contribution in [-0.4, -0.2) is 19.2 Å². The second-order valence-corrected chi connectivity index (χ2v) is 4.84. The van der Waals surface area contributed by atoms with Gasteiger partial charge in [-0.05, 0) is 24.3 Å². The highest BCUT2D eigenvalue weighted by Crippen LogP contribution is 2.22. The molecule has 0 aromatic heterocycles. The van der Waals surface area contributed by atoms with Gasteiger partial charge in [-0.3, -0.25) is 9.59 Å². The van der Waals surface area contributed by atoms with E-state index in [-0.39, 0.29) is 11.2 Å². The minimum absolute atomic E-state index is 0.104. The minimum Gasteiger partial charge on any atom is -0.318 e. The summed E-state index contributed by atoms with van der Waals surface area (Å²) in [4.78, 5) is 23.9. The predicted molar refractivity (Wildman–Crippen MR) is 64.7 cm³/mol. The molecule has 1 aromatic carbocycles. The van der Waals surface area contributed by atoms with Crippen LogP contribution in [0.15, 0.2) is 24.3 Å². The number of Topliss-reactive ketones (excluding diaryl/α,β-unsaturated/α-hetero) is 1. The number of nitrogens with zero attached hydrogens (tertiary/aromatic N) is 1. The summed E-state index contributed by atoms with van der Waals surface area (Å²) in [6.45, 7) is 5.67. The number of hydrogen-bond acceptors (Lipinski definition) is 2. The lowest BCUT2D eigenvalue weighted by Crippen LogP contribution is -2.20. The number of carbonyl (C=O) groups is 2. The Labute approximate surface area is 96.1 Å². The Hall–Kier alpha value is -1.64. The van der Waals surface area contributed by atoms with Crippen molar-refractivity contribution in [2.45, 2.75) is 20.8 Å². The van der Waals surface area contributed by atoms with E-state index in [4.69, 9.17) is 0 Å². The Balaban J connectivity index is 2.96. The number of benzene rings is 1. The fourth-order valence-electron chi connectivity index (χ4n) is 1.34. The Morgan fingerprint density at radius 2 is 1.69 bits per heavy atom. The van der Waals surface area contributed by atoms with E-state index in [1.807, 2.05) is 20.8 Å². The van der Waals surface area contributed by atoms with Gasteiger partial charge >= 0.3 is 0 Å². The first-order valence-corrected chi connectivity index (χ1v) is 5.19. The summed E-state index contributed by atoms with van der Waals surface area (Å²) < 4.78 is 0. The quantitative estimate of drug-likeness (QED) is 0.578. The van der Waals surface area contributed by atoms with Crippen molar-refractivity contribution in [3.05, 3.63) is 29.8 Å². The van der Waals surface area contributed by atoms with E-state index in [1.165, 1.54) is 4.90 Å². The van der Waals surface area contributed by atoms with Crippen molar-refractivity contribution in [2.75, 3.05) is 11.9 Å². The second-order valence-electron chi connectivity index (χ2n) is 4.84. The van der Waals surface area contributed by atoms with Crippen LogP contribution in [0, 0.1) is 5.41 Å². The highest BCUT2D eigenvalue weighted by Gasteiger charge is 2.22. The normalized spacial score (nSPS) is 11.0. The molecule has 3 heteroatoms. The molecule has 0 unspecified atom stereocenters. The zero-order valence-electron chi connectivity index (χ0n) is 10.2. The van der Waals surface area contributed by atoms with Gasteiger partial charge in [-0.2, -0.15) is 0 Å². The number of hydrogen-bond donors (Lipinski definition) is 0. The Morgan fingerprint density at radius 1 is 1.19 bits per heavy atom. The van der Waals surface area contributed by atoms with Gasteiger partial charge in [0, 0.05) is 23.7 Å². The maximum absolute atomic E-state index is 11.9. The zero-order chi connectivity index (χ0) is 12.3. The molecule has 0 N–H and O–H groups in total. The smallest absolute Gasteiger partial charge is 0.213 e. The molecule has 0 heterocycles. The summed E-state index contributed by atoms with van der Waals surface area (Å²) in [5.41, 5.74) is 1.08. The van der Waals surface area contributed by atoms with Gasteiger partial charge in [0.2, 0.25) is 6.41 Å². The predicted octanol–water partition coefficient (Wildman–Crippen LogP) is 2.51. The van der Waals surface area contributed by atoms with Crippen LogP contribution in [0.3, 0.4) is 0 Å². The first kappa shape index (κ1) is 12.4. The number of ketones is 1. The molecular weight excluding hydrogens is 202 g/mol. The SMILES string of the molecule is CN(C=O)c1ccc(C(=O)C(C)(C)C)cc1. The van der Waals surface area contributed by atoms with E-state index in [9.17, 15) is 9.59 Å². The molecule has 0 bridgehead atoms. The van der Waals surface area contributed by atoms with Crippen LogP contribution in [-0.2, 0) is 4.79 Å². The van der Waals surface area contributed by atoms with Gasteiger partial charge in [-0.25, -0.2) is 0 Å². The molecular formula is C13H17NO2. The van der Waals surface area contributed by atoms with Crippen LogP contribution in [0.1, 0.15) is 31.1 Å². The van der Waals surface area contributed by atoms with E-state index >= 15 is 0 Å². The van der Waals surface area contributed by atoms with E-state index in [2.05, 4.69) is 0 Å². The lowest BCUT2D eigenvalue weighted by molar-refractivity contribution is -0.107. The molecule has 16 heavy (non-hydrogen) atoms. The molecule has 0 saturated heterocycles. The molecule has 0 atom stereocenters. The van der Waals surface area contributed by atoms with Crippen LogP contribution >= 0.6 is 0 Å². The van der Waals surface area contributed by atoms with Crippen molar-refractivity contribution in [3.63, 3.8) is 0 Å². The fraction of sp³-hybridized carbons (Fsp3) is 0.385. The number of carbonyl (C=O) groups excluding carboxylic acids is 2. The first-order chi connectivity index (χ1) is 7.36. The lowest BCUT2D eigenvalue weighted by atomic mass is 9.86. The van der Waals surface area contributed by atoms with Crippen LogP contribution < -0.4 is 4.90 Å². The maximum Gasteiger partial charge on any atom is 0.213 e. The molecule has 3 nitrogen and oxygen atoms in total. The Morgan fingerprint density at radius 3 is 2.06 bits per heavy atom. The Bertz CT molecular complexity index is 387. The van der Waals surface area contributed by atoms with Crippen molar-refractivity contribution >= 4 is 17.9 Å². The summed E-state index contributed by atoms with van der Waals surface area (Å²) >= 11 is 0. The molecule has 86 valence electrons. The summed E-state index contributed by atoms with van der Waals surface area (Å²) in [7, 11) is 1.67. The van der Waals surface area contributed by atoms with E-state index in [0.29, 0.717) is 5.56 Å². The van der Waals surface area contributed by atoms with Gasteiger partial charge in [0.1, 0.15) is 0 Å². The van der Waals surface area contributed by atoms with E-state index in [0.717, 1.165) is 12.1 Å². The third-order valence-electron chi connectivity index (χ3n) is 2.38. The third-order valence-corrected chi connectivity index (χ3v) is 2.38. The van der Waals surface area contributed by atoms with E-state index in [1.54, 1.807) is 31.3 Å². The summed E-state index contributed by atoms with van der Waals surface area (Å²) in [6, 6.07) is 7.05. The topological polar surface area (TPSA) is 37.4 Å². The van der Waals surface area contributed by atoms with Crippen molar-refractivity contribution in [2.24, 2.45) is 5.41 Å². The highest BCUT2D eigenvalue weighted by molar-refractivity contribution is 6.00. The van der Waals surface area contributed by atoms with Gasteiger partial charge in [0.25, 0.3) is 0 Å². The lowest BCUT2D eigenvalue weighted by Gasteiger charge is -2.17. The molecule has 0 saturated carbocycles. The molecule has 1 amide bonds. The van der Waals surface area contributed by atoms with Crippen molar-refractivity contribution in [1.82, 2.24) is 0 Å². The highest BCUT2D eigenvalue weighted by atomic mass is 16.1. The molecule has 0 aliphatic rings. The van der Waals surface area contributed by atoms with Gasteiger partial charge < -0.3 is 4.90 Å². The van der Waals surface area contributed by atoms with Crippen LogP contribution in [0.2, 0.25) is 0 Å². The van der Waals surface area contributed by atoms with Crippen molar-refractivity contribution in [3.8, 4) is 0 Å². The molecule has 0 fully saturated rings. The molecule has 0 spiro atoms. The van der Waals surface area contributed by atoms with Gasteiger partial charge in [0.15, 0.2) is 5.78 Å². The zero-order valence-corrected chi connectivity index (χ0v) is 10.2. The average Bonchev–Trinajstić information content (AvgIpc) is 2.26. The molecule has 0 aliphatic heterocycles. The van der Waals surface area contributed by atoms with Crippen molar-refractivity contribution in [1.29, 1.82) is 0 Å². The average molecular weight is 219 g/mol. The van der Waals surface area contributed by atoms with E-state index < -0.39 is 0 Å². The van der Waals surface area contributed by atoms with Gasteiger partial charge in [0.05, 0.1) is 0 Å². The van der Waals surface area contributed by atoms with Crippen LogP contribution in [0.5, 0.6) is 0 Å². The Kier molecular flexibility index (Phi) is 3.48. The molecule has 1 rings (SSSR count). The largest absolute Gasteiger partial charge is 0.318 e. The molecule has 0 aliphatic carbocycles. The summed E-state index contributed by atoms with van der Waals surface area (Å²) in [5.74, 6) is 0.104. The number of rotatable bonds is 3. The van der Waals surface area contributed by atoms with Gasteiger partial charge in [-0.15, -0.1) is 0 Å². The van der Waals surface area contributed by atoms with Crippen molar-refractivity contribution < 1.29 is 9.59 Å². The summed E-state index contributed by atoms with van der Waals surface area (Å²) in [5, 5.41) is 0. The third kappa shape index (κ3) is 2.69. The second kappa shape index (κ2) is 4.47. The number of amides is 1. The standard InChI is InChI=1S/C13H17NO2/c1-13(2,3)12(16)10-5-7-11(8-6-10)14(4)9-15/h5-9H,1-4H3. The van der Waals surface area contributed by atoms with Crippen LogP contribution in [0.25, 0.3) is 0 Å². The summed E-state index contributed by atoms with van der Waals surface area (Å²) in [6.07, 6.45) is 0.737. The maximum atomic E-state index is 11.9. The first-order valence-electron chi connectivity index (χ1n) is 5.19. The molecule has 0 radical (unpaired) electrons.